The van der Waals surface area contributed by atoms with E-state index in [0.717, 1.165) is 4.31 Å². The van der Waals surface area contributed by atoms with Crippen molar-refractivity contribution in [2.24, 2.45) is 5.92 Å². The van der Waals surface area contributed by atoms with Crippen molar-refractivity contribution in [3.05, 3.63) is 41.5 Å². The van der Waals surface area contributed by atoms with E-state index in [0.29, 0.717) is 23.9 Å². The number of rotatable bonds is 5. The number of hydrogen-bond acceptors (Lipinski definition) is 3. The molecule has 0 saturated heterocycles. The van der Waals surface area contributed by atoms with Crippen molar-refractivity contribution in [1.29, 1.82) is 0 Å². The van der Waals surface area contributed by atoms with Crippen molar-refractivity contribution < 1.29 is 12.8 Å². The fourth-order valence-electron chi connectivity index (χ4n) is 2.55. The molecule has 0 N–H and O–H groups in total. The van der Waals surface area contributed by atoms with E-state index in [9.17, 15) is 12.8 Å². The van der Waals surface area contributed by atoms with Gasteiger partial charge in [-0.05, 0) is 31.9 Å². The Hall–Kier alpha value is -1.89. The Kier molecular flexibility index (Phi) is 4.79. The number of benzene rings is 1. The fourth-order valence-corrected chi connectivity index (χ4v) is 4.12. The quantitative estimate of drug-likeness (QED) is 0.841. The Morgan fingerprint density at radius 3 is 2.43 bits per heavy atom. The van der Waals surface area contributed by atoms with Crippen LogP contribution in [0.2, 0.25) is 0 Å². The van der Waals surface area contributed by atoms with Gasteiger partial charge in [0.15, 0.2) is 0 Å². The number of para-hydroxylation sites is 1. The zero-order chi connectivity index (χ0) is 17.4. The zero-order valence-corrected chi connectivity index (χ0v) is 14.9. The molecule has 0 unspecified atom stereocenters. The third kappa shape index (κ3) is 3.24. The van der Waals surface area contributed by atoms with E-state index in [4.69, 9.17) is 0 Å². The Balaban J connectivity index is 2.52. The molecule has 2 rings (SSSR count). The van der Waals surface area contributed by atoms with Crippen LogP contribution in [0.1, 0.15) is 25.2 Å². The number of hydrogen-bond donors (Lipinski definition) is 0. The summed E-state index contributed by atoms with van der Waals surface area (Å²) in [5, 5.41) is 4.33. The summed E-state index contributed by atoms with van der Waals surface area (Å²) in [7, 11) is -2.53. The van der Waals surface area contributed by atoms with Gasteiger partial charge in [-0.2, -0.15) is 5.10 Å². The number of aromatic nitrogens is 2. The molecule has 0 bridgehead atoms. The third-order valence-corrected chi connectivity index (χ3v) is 5.69. The minimum Gasteiger partial charge on any atom is -0.268 e. The molecule has 0 aliphatic rings. The molecule has 0 aliphatic carbocycles. The highest BCUT2D eigenvalue weighted by Crippen LogP contribution is 2.28. The molecule has 2 aromatic rings. The summed E-state index contributed by atoms with van der Waals surface area (Å²) in [5.41, 5.74) is 1.01. The second-order valence-electron chi connectivity index (χ2n) is 6.00. The lowest BCUT2D eigenvalue weighted by atomic mass is 10.2. The first-order valence-electron chi connectivity index (χ1n) is 7.43. The standard InChI is InChI=1S/C16H22FN3O2S/c1-11(2)10-20-13(4)16(12(3)18-20)23(21,22)19(5)15-9-7-6-8-14(15)17/h6-9,11H,10H2,1-5H3. The van der Waals surface area contributed by atoms with Gasteiger partial charge in [0.25, 0.3) is 10.0 Å². The van der Waals surface area contributed by atoms with Crippen molar-refractivity contribution in [1.82, 2.24) is 9.78 Å². The number of anilines is 1. The first-order chi connectivity index (χ1) is 10.7. The highest BCUT2D eigenvalue weighted by atomic mass is 32.2. The summed E-state index contributed by atoms with van der Waals surface area (Å²) in [5.74, 6) is -0.240. The minimum absolute atomic E-state index is 0.0166. The molecule has 1 aromatic heterocycles. The van der Waals surface area contributed by atoms with Crippen molar-refractivity contribution in [2.75, 3.05) is 11.4 Å². The molecule has 126 valence electrons. The smallest absolute Gasteiger partial charge is 0.267 e. The van der Waals surface area contributed by atoms with Gasteiger partial charge in [0.2, 0.25) is 0 Å². The van der Waals surface area contributed by atoms with Gasteiger partial charge < -0.3 is 0 Å². The molecule has 0 spiro atoms. The van der Waals surface area contributed by atoms with Crippen molar-refractivity contribution in [3.63, 3.8) is 0 Å². The van der Waals surface area contributed by atoms with Crippen LogP contribution in [0.3, 0.4) is 0 Å². The van der Waals surface area contributed by atoms with Gasteiger partial charge in [-0.3, -0.25) is 8.99 Å². The summed E-state index contributed by atoms with van der Waals surface area (Å²) in [6.07, 6.45) is 0. The molecule has 23 heavy (non-hydrogen) atoms. The average Bonchev–Trinajstić information content (AvgIpc) is 2.72. The Morgan fingerprint density at radius 1 is 1.26 bits per heavy atom. The van der Waals surface area contributed by atoms with Crippen molar-refractivity contribution in [3.8, 4) is 0 Å². The van der Waals surface area contributed by atoms with E-state index in [2.05, 4.69) is 5.10 Å². The Morgan fingerprint density at radius 2 is 1.87 bits per heavy atom. The van der Waals surface area contributed by atoms with Crippen LogP contribution in [0.25, 0.3) is 0 Å². The molecule has 0 radical (unpaired) electrons. The minimum atomic E-state index is -3.88. The van der Waals surface area contributed by atoms with Crippen LogP contribution < -0.4 is 4.31 Å². The number of halogens is 1. The molecule has 0 saturated carbocycles. The molecular weight excluding hydrogens is 317 g/mol. The van der Waals surface area contributed by atoms with Crippen LogP contribution >= 0.6 is 0 Å². The number of nitrogens with zero attached hydrogens (tertiary/aromatic N) is 3. The summed E-state index contributed by atoms with van der Waals surface area (Å²) >= 11 is 0. The summed E-state index contributed by atoms with van der Waals surface area (Å²) in [6, 6.07) is 5.81. The van der Waals surface area contributed by atoms with Gasteiger partial charge in [-0.15, -0.1) is 0 Å². The average molecular weight is 339 g/mol. The van der Waals surface area contributed by atoms with Crippen LogP contribution in [0.15, 0.2) is 29.2 Å². The summed E-state index contributed by atoms with van der Waals surface area (Å²) < 4.78 is 42.5. The second kappa shape index (κ2) is 6.31. The Labute approximate surface area is 136 Å². The second-order valence-corrected chi connectivity index (χ2v) is 7.91. The first kappa shape index (κ1) is 17.5. The monoisotopic (exact) mass is 339 g/mol. The lowest BCUT2D eigenvalue weighted by Crippen LogP contribution is -2.28. The van der Waals surface area contributed by atoms with E-state index in [1.54, 1.807) is 24.6 Å². The lowest BCUT2D eigenvalue weighted by molar-refractivity contribution is 0.472. The predicted octanol–water partition coefficient (Wildman–Crippen LogP) is 3.12. The molecule has 1 aromatic carbocycles. The van der Waals surface area contributed by atoms with Crippen LogP contribution in [0.4, 0.5) is 10.1 Å². The lowest BCUT2D eigenvalue weighted by Gasteiger charge is -2.20. The Bertz CT molecular complexity index is 813. The predicted molar refractivity (Wildman–Crippen MR) is 88.5 cm³/mol. The van der Waals surface area contributed by atoms with Crippen molar-refractivity contribution in [2.45, 2.75) is 39.1 Å². The molecule has 7 heteroatoms. The van der Waals surface area contributed by atoms with Crippen LogP contribution in [0.5, 0.6) is 0 Å². The SMILES string of the molecule is Cc1nn(CC(C)C)c(C)c1S(=O)(=O)N(C)c1ccccc1F. The van der Waals surface area contributed by atoms with E-state index in [1.807, 2.05) is 13.8 Å². The van der Waals surface area contributed by atoms with Crippen LogP contribution in [0, 0.1) is 25.6 Å². The normalized spacial score (nSPS) is 12.0. The highest BCUT2D eigenvalue weighted by molar-refractivity contribution is 7.92. The fraction of sp³-hybridized carbons (Fsp3) is 0.438. The number of sulfonamides is 1. The summed E-state index contributed by atoms with van der Waals surface area (Å²) in [4.78, 5) is 0.143. The summed E-state index contributed by atoms with van der Waals surface area (Å²) in [6.45, 7) is 8.09. The third-order valence-electron chi connectivity index (χ3n) is 3.66. The number of aryl methyl sites for hydroxylation is 1. The molecule has 1 heterocycles. The highest BCUT2D eigenvalue weighted by Gasteiger charge is 2.30. The van der Waals surface area contributed by atoms with Gasteiger partial charge in [0.1, 0.15) is 10.7 Å². The van der Waals surface area contributed by atoms with E-state index >= 15 is 0 Å². The maximum Gasteiger partial charge on any atom is 0.267 e. The first-order valence-corrected chi connectivity index (χ1v) is 8.87. The maximum atomic E-state index is 13.9. The van der Waals surface area contributed by atoms with Crippen LogP contribution in [-0.4, -0.2) is 25.2 Å². The van der Waals surface area contributed by atoms with Crippen molar-refractivity contribution >= 4 is 15.7 Å². The van der Waals surface area contributed by atoms with E-state index < -0.39 is 15.8 Å². The van der Waals surface area contributed by atoms with Gasteiger partial charge in [-0.25, -0.2) is 12.8 Å². The topological polar surface area (TPSA) is 55.2 Å². The molecule has 0 fully saturated rings. The van der Waals surface area contributed by atoms with E-state index in [-0.39, 0.29) is 10.6 Å². The molecule has 0 amide bonds. The van der Waals surface area contributed by atoms with Gasteiger partial charge in [0.05, 0.1) is 17.1 Å². The van der Waals surface area contributed by atoms with Crippen LogP contribution in [-0.2, 0) is 16.6 Å². The van der Waals surface area contributed by atoms with Gasteiger partial charge in [-0.1, -0.05) is 26.0 Å². The van der Waals surface area contributed by atoms with Gasteiger partial charge >= 0.3 is 0 Å². The van der Waals surface area contributed by atoms with E-state index in [1.165, 1.54) is 25.2 Å². The molecule has 0 atom stereocenters. The zero-order valence-electron chi connectivity index (χ0n) is 14.0. The largest absolute Gasteiger partial charge is 0.268 e. The maximum absolute atomic E-state index is 13.9. The van der Waals surface area contributed by atoms with Gasteiger partial charge in [0, 0.05) is 13.6 Å². The molecule has 5 nitrogen and oxygen atoms in total. The molecular formula is C16H22FN3O2S. The molecule has 0 aliphatic heterocycles.